The molecule has 0 aliphatic carbocycles. The minimum Gasteiger partial charge on any atom is -0.330 e. The molecular weight excluding hydrogens is 417 g/mol. The lowest BCUT2D eigenvalue weighted by Gasteiger charge is -2.29. The number of halogens is 3. The van der Waals surface area contributed by atoms with Crippen LogP contribution in [0.4, 0.5) is 13.2 Å². The third-order valence-electron chi connectivity index (χ3n) is 5.21. The number of hydrogen-bond donors (Lipinski definition) is 1. The Morgan fingerprint density at radius 2 is 1.83 bits per heavy atom. The van der Waals surface area contributed by atoms with Gasteiger partial charge in [0.1, 0.15) is 0 Å². The first kappa shape index (κ1) is 22.3. The molecule has 2 aromatic carbocycles. The average Bonchev–Trinajstić information content (AvgIpc) is 2.67. The molecule has 5 nitrogen and oxygen atoms in total. The van der Waals surface area contributed by atoms with Crippen molar-refractivity contribution in [1.82, 2.24) is 9.62 Å². The maximum atomic E-state index is 12.7. The summed E-state index contributed by atoms with van der Waals surface area (Å²) in [4.78, 5) is 12.2. The number of benzene rings is 2. The smallest absolute Gasteiger partial charge is 0.330 e. The molecule has 1 heterocycles. The summed E-state index contributed by atoms with van der Waals surface area (Å²) in [5.74, 6) is -1.91. The summed E-state index contributed by atoms with van der Waals surface area (Å²) in [5, 5.41) is 0. The number of fused-ring (bicyclic) bond motifs is 1. The highest BCUT2D eigenvalue weighted by Gasteiger charge is 2.43. The van der Waals surface area contributed by atoms with Crippen molar-refractivity contribution in [3.8, 4) is 0 Å². The van der Waals surface area contributed by atoms with Crippen LogP contribution in [0.15, 0.2) is 41.3 Å². The van der Waals surface area contributed by atoms with Gasteiger partial charge in [0.2, 0.25) is 10.0 Å². The molecular formula is C21H23F3N2O3S. The van der Waals surface area contributed by atoms with E-state index in [-0.39, 0.29) is 31.0 Å². The molecule has 0 spiro atoms. The van der Waals surface area contributed by atoms with Crippen LogP contribution in [0.5, 0.6) is 0 Å². The van der Waals surface area contributed by atoms with Crippen molar-refractivity contribution in [1.29, 1.82) is 0 Å². The second-order valence-corrected chi connectivity index (χ2v) is 9.25. The maximum Gasteiger partial charge on any atom is 0.471 e. The Labute approximate surface area is 173 Å². The molecule has 162 valence electrons. The molecule has 0 saturated carbocycles. The number of hydrogen-bond acceptors (Lipinski definition) is 3. The van der Waals surface area contributed by atoms with Gasteiger partial charge in [-0.2, -0.15) is 13.2 Å². The van der Waals surface area contributed by atoms with Crippen LogP contribution in [-0.4, -0.2) is 38.5 Å². The number of sulfonamides is 1. The third kappa shape index (κ3) is 5.02. The molecule has 1 amide bonds. The molecule has 0 bridgehead atoms. The van der Waals surface area contributed by atoms with Crippen molar-refractivity contribution < 1.29 is 26.4 Å². The monoisotopic (exact) mass is 440 g/mol. The van der Waals surface area contributed by atoms with Gasteiger partial charge in [-0.3, -0.25) is 4.79 Å². The van der Waals surface area contributed by atoms with Crippen molar-refractivity contribution in [3.05, 3.63) is 64.2 Å². The Morgan fingerprint density at radius 3 is 2.50 bits per heavy atom. The van der Waals surface area contributed by atoms with Gasteiger partial charge in [-0.05, 0) is 61.1 Å². The fraction of sp³-hybridized carbons (Fsp3) is 0.381. The molecule has 30 heavy (non-hydrogen) atoms. The van der Waals surface area contributed by atoms with E-state index in [1.54, 1.807) is 6.07 Å². The van der Waals surface area contributed by atoms with E-state index < -0.39 is 22.1 Å². The molecule has 3 rings (SSSR count). The number of rotatable bonds is 5. The summed E-state index contributed by atoms with van der Waals surface area (Å²) in [6, 6.07) is 10.4. The number of nitrogens with zero attached hydrogens (tertiary/aromatic N) is 1. The third-order valence-corrected chi connectivity index (χ3v) is 6.67. The van der Waals surface area contributed by atoms with Crippen LogP contribution in [0.3, 0.4) is 0 Å². The molecule has 1 aliphatic rings. The van der Waals surface area contributed by atoms with Gasteiger partial charge >= 0.3 is 12.1 Å². The van der Waals surface area contributed by atoms with Crippen LogP contribution in [0.1, 0.15) is 27.8 Å². The van der Waals surface area contributed by atoms with E-state index in [0.29, 0.717) is 16.9 Å². The average molecular weight is 440 g/mol. The number of carbonyl (C=O) groups is 1. The van der Waals surface area contributed by atoms with Gasteiger partial charge < -0.3 is 4.90 Å². The Morgan fingerprint density at radius 1 is 1.10 bits per heavy atom. The highest BCUT2D eigenvalue weighted by molar-refractivity contribution is 7.89. The molecule has 0 fully saturated rings. The van der Waals surface area contributed by atoms with Crippen molar-refractivity contribution in [2.45, 2.75) is 44.3 Å². The van der Waals surface area contributed by atoms with Gasteiger partial charge in [-0.15, -0.1) is 0 Å². The Bertz CT molecular complexity index is 1070. The lowest BCUT2D eigenvalue weighted by atomic mass is 10.00. The van der Waals surface area contributed by atoms with E-state index in [1.165, 1.54) is 12.1 Å². The quantitative estimate of drug-likeness (QED) is 0.776. The number of nitrogens with one attached hydrogen (secondary N) is 1. The zero-order valence-electron chi connectivity index (χ0n) is 16.7. The Balaban J connectivity index is 1.70. The van der Waals surface area contributed by atoms with E-state index in [4.69, 9.17) is 0 Å². The van der Waals surface area contributed by atoms with Gasteiger partial charge in [-0.1, -0.05) is 29.8 Å². The van der Waals surface area contributed by atoms with Crippen LogP contribution in [0.2, 0.25) is 0 Å². The van der Waals surface area contributed by atoms with Crippen molar-refractivity contribution in [2.24, 2.45) is 0 Å². The van der Waals surface area contributed by atoms with Crippen LogP contribution >= 0.6 is 0 Å². The first-order valence-corrected chi connectivity index (χ1v) is 11.0. The van der Waals surface area contributed by atoms with Crippen LogP contribution in [-0.2, 0) is 34.2 Å². The van der Waals surface area contributed by atoms with E-state index in [1.807, 2.05) is 32.0 Å². The fourth-order valence-corrected chi connectivity index (χ4v) is 4.67. The van der Waals surface area contributed by atoms with Gasteiger partial charge in [-0.25, -0.2) is 13.1 Å². The molecule has 2 aromatic rings. The summed E-state index contributed by atoms with van der Waals surface area (Å²) >= 11 is 0. The first-order chi connectivity index (χ1) is 14.0. The molecule has 1 aliphatic heterocycles. The van der Waals surface area contributed by atoms with Gasteiger partial charge in [0.15, 0.2) is 0 Å². The highest BCUT2D eigenvalue weighted by Crippen LogP contribution is 2.26. The summed E-state index contributed by atoms with van der Waals surface area (Å²) < 4.78 is 66.0. The molecule has 0 aromatic heterocycles. The van der Waals surface area contributed by atoms with E-state index in [0.717, 1.165) is 22.3 Å². The molecule has 9 heteroatoms. The summed E-state index contributed by atoms with van der Waals surface area (Å²) in [7, 11) is -3.83. The van der Waals surface area contributed by atoms with Gasteiger partial charge in [0, 0.05) is 19.6 Å². The number of alkyl halides is 3. The normalized spacial score (nSPS) is 14.5. The molecule has 0 saturated heterocycles. The van der Waals surface area contributed by atoms with Gasteiger partial charge in [0.25, 0.3) is 0 Å². The molecule has 1 N–H and O–H groups in total. The number of carbonyl (C=O) groups excluding carboxylic acids is 1. The molecule has 0 radical (unpaired) electrons. The lowest BCUT2D eigenvalue weighted by Crippen LogP contribution is -2.43. The number of aryl methyl sites for hydroxylation is 2. The predicted molar refractivity (Wildman–Crippen MR) is 106 cm³/mol. The van der Waals surface area contributed by atoms with Crippen molar-refractivity contribution in [2.75, 3.05) is 13.1 Å². The molecule has 0 unspecified atom stereocenters. The van der Waals surface area contributed by atoms with Crippen LogP contribution in [0.25, 0.3) is 0 Å². The first-order valence-electron chi connectivity index (χ1n) is 9.51. The lowest BCUT2D eigenvalue weighted by molar-refractivity contribution is -0.186. The van der Waals surface area contributed by atoms with Gasteiger partial charge in [0.05, 0.1) is 4.90 Å². The summed E-state index contributed by atoms with van der Waals surface area (Å²) in [6.45, 7) is 3.83. The summed E-state index contributed by atoms with van der Waals surface area (Å²) in [5.41, 5.74) is 4.41. The largest absolute Gasteiger partial charge is 0.471 e. The minimum absolute atomic E-state index is 0.0248. The van der Waals surface area contributed by atoms with E-state index >= 15 is 0 Å². The Hall–Kier alpha value is -2.39. The molecule has 0 atom stereocenters. The SMILES string of the molecule is Cc1ccc(CCNS(=O)(=O)c2ccc3c(c2)CN(C(=O)C(F)(F)F)CC3)c(C)c1. The summed E-state index contributed by atoms with van der Waals surface area (Å²) in [6.07, 6.45) is -4.18. The van der Waals surface area contributed by atoms with Crippen molar-refractivity contribution in [3.63, 3.8) is 0 Å². The van der Waals surface area contributed by atoms with Crippen LogP contribution < -0.4 is 4.72 Å². The Kier molecular flexibility index (Phi) is 6.24. The topological polar surface area (TPSA) is 66.5 Å². The van der Waals surface area contributed by atoms with Crippen LogP contribution in [0, 0.1) is 13.8 Å². The second kappa shape index (κ2) is 8.39. The zero-order chi connectivity index (χ0) is 22.1. The number of amides is 1. The van der Waals surface area contributed by atoms with Crippen molar-refractivity contribution >= 4 is 15.9 Å². The standard InChI is InChI=1S/C21H23F3N2O3S/c1-14-3-4-16(15(2)11-14)7-9-25-30(28,29)19-6-5-17-8-10-26(13-18(17)12-19)20(27)21(22,23)24/h3-6,11-12,25H,7-10,13H2,1-2H3. The minimum atomic E-state index is -4.95. The second-order valence-electron chi connectivity index (χ2n) is 7.48. The predicted octanol–water partition coefficient (Wildman–Crippen LogP) is 3.27. The fourth-order valence-electron chi connectivity index (χ4n) is 3.58. The maximum absolute atomic E-state index is 12.7. The van der Waals surface area contributed by atoms with E-state index in [2.05, 4.69) is 4.72 Å². The zero-order valence-corrected chi connectivity index (χ0v) is 17.5. The highest BCUT2D eigenvalue weighted by atomic mass is 32.2. The van der Waals surface area contributed by atoms with E-state index in [9.17, 15) is 26.4 Å².